The number of aliphatic carboxylic acids is 1. The highest BCUT2D eigenvalue weighted by Crippen LogP contribution is 2.37. The van der Waals surface area contributed by atoms with Gasteiger partial charge in [-0.2, -0.15) is 0 Å². The molecule has 0 aliphatic rings. The van der Waals surface area contributed by atoms with Crippen LogP contribution in [0.5, 0.6) is 11.5 Å². The van der Waals surface area contributed by atoms with Gasteiger partial charge in [0.25, 0.3) is 0 Å². The SMILES string of the molecule is Cc1c(Oc2ccc(Cl)cc2)c2cc(S(C)(=O)=O)ccc2n1CC(=O)O. The molecule has 6 nitrogen and oxygen atoms in total. The highest BCUT2D eigenvalue weighted by Gasteiger charge is 2.20. The Bertz CT molecular complexity index is 1100. The fraction of sp³-hybridized carbons (Fsp3) is 0.167. The third kappa shape index (κ3) is 3.54. The molecule has 3 rings (SSSR count). The lowest BCUT2D eigenvalue weighted by Gasteiger charge is -2.07. The van der Waals surface area contributed by atoms with Gasteiger partial charge in [-0.05, 0) is 49.4 Å². The molecule has 0 atom stereocenters. The van der Waals surface area contributed by atoms with Gasteiger partial charge in [-0.3, -0.25) is 4.79 Å². The van der Waals surface area contributed by atoms with Gasteiger partial charge in [-0.1, -0.05) is 11.6 Å². The van der Waals surface area contributed by atoms with Crippen LogP contribution in [-0.2, 0) is 21.2 Å². The molecule has 0 fully saturated rings. The monoisotopic (exact) mass is 393 g/mol. The van der Waals surface area contributed by atoms with Crippen molar-refractivity contribution < 1.29 is 23.1 Å². The van der Waals surface area contributed by atoms with Crippen molar-refractivity contribution in [2.75, 3.05) is 6.26 Å². The number of nitrogens with zero attached hydrogens (tertiary/aromatic N) is 1. The zero-order chi connectivity index (χ0) is 19.1. The second-order valence-electron chi connectivity index (χ2n) is 5.90. The summed E-state index contributed by atoms with van der Waals surface area (Å²) in [6, 6.07) is 11.3. The van der Waals surface area contributed by atoms with E-state index in [-0.39, 0.29) is 11.4 Å². The van der Waals surface area contributed by atoms with Crippen molar-refractivity contribution in [3.8, 4) is 11.5 Å². The first-order valence-corrected chi connectivity index (χ1v) is 9.92. The van der Waals surface area contributed by atoms with Crippen molar-refractivity contribution in [2.24, 2.45) is 0 Å². The van der Waals surface area contributed by atoms with Crippen LogP contribution in [0.3, 0.4) is 0 Å². The van der Waals surface area contributed by atoms with E-state index in [2.05, 4.69) is 0 Å². The number of aromatic nitrogens is 1. The second kappa shape index (κ2) is 6.66. The number of hydrogen-bond acceptors (Lipinski definition) is 4. The topological polar surface area (TPSA) is 85.6 Å². The Morgan fingerprint density at radius 2 is 1.85 bits per heavy atom. The van der Waals surface area contributed by atoms with Crippen molar-refractivity contribution in [3.63, 3.8) is 0 Å². The molecule has 8 heteroatoms. The first-order valence-electron chi connectivity index (χ1n) is 7.65. The van der Waals surface area contributed by atoms with Crippen LogP contribution in [0.4, 0.5) is 0 Å². The van der Waals surface area contributed by atoms with E-state index in [1.165, 1.54) is 12.1 Å². The molecule has 2 aromatic carbocycles. The zero-order valence-electron chi connectivity index (χ0n) is 14.1. The molecule has 3 aromatic rings. The fourth-order valence-electron chi connectivity index (χ4n) is 2.75. The predicted molar refractivity (Wildman–Crippen MR) is 98.9 cm³/mol. The highest BCUT2D eigenvalue weighted by molar-refractivity contribution is 7.90. The Hall–Kier alpha value is -2.51. The summed E-state index contributed by atoms with van der Waals surface area (Å²) in [5, 5.41) is 10.3. The molecule has 0 aliphatic carbocycles. The van der Waals surface area contributed by atoms with Gasteiger partial charge >= 0.3 is 5.97 Å². The lowest BCUT2D eigenvalue weighted by molar-refractivity contribution is -0.137. The third-order valence-corrected chi connectivity index (χ3v) is 5.35. The lowest BCUT2D eigenvalue weighted by atomic mass is 10.2. The van der Waals surface area contributed by atoms with E-state index in [0.29, 0.717) is 33.1 Å². The van der Waals surface area contributed by atoms with Gasteiger partial charge in [-0.25, -0.2) is 8.42 Å². The minimum absolute atomic E-state index is 0.137. The van der Waals surface area contributed by atoms with Crippen molar-refractivity contribution in [1.29, 1.82) is 0 Å². The summed E-state index contributed by atoms with van der Waals surface area (Å²) in [6.07, 6.45) is 1.12. The summed E-state index contributed by atoms with van der Waals surface area (Å²) in [4.78, 5) is 11.4. The number of carbonyl (C=O) groups is 1. The van der Waals surface area contributed by atoms with Crippen LogP contribution in [0.2, 0.25) is 5.02 Å². The predicted octanol–water partition coefficient (Wildman–Crippen LogP) is 3.88. The van der Waals surface area contributed by atoms with E-state index < -0.39 is 15.8 Å². The summed E-state index contributed by atoms with van der Waals surface area (Å²) in [6.45, 7) is 1.47. The Labute approximate surface area is 155 Å². The number of ether oxygens (including phenoxy) is 1. The summed E-state index contributed by atoms with van der Waals surface area (Å²) in [5.41, 5.74) is 1.17. The number of halogens is 1. The maximum absolute atomic E-state index is 11.9. The number of rotatable bonds is 5. The Balaban J connectivity index is 2.22. The smallest absolute Gasteiger partial charge is 0.323 e. The molecule has 1 aromatic heterocycles. The number of fused-ring (bicyclic) bond motifs is 1. The molecule has 1 N–H and O–H groups in total. The third-order valence-electron chi connectivity index (χ3n) is 3.99. The van der Waals surface area contributed by atoms with E-state index in [9.17, 15) is 18.3 Å². The quantitative estimate of drug-likeness (QED) is 0.710. The van der Waals surface area contributed by atoms with Crippen molar-refractivity contribution >= 4 is 38.3 Å². The maximum atomic E-state index is 11.9. The molecule has 0 amide bonds. The van der Waals surface area contributed by atoms with E-state index >= 15 is 0 Å². The van der Waals surface area contributed by atoms with Crippen molar-refractivity contribution in [3.05, 3.63) is 53.2 Å². The molecule has 0 aliphatic heterocycles. The summed E-state index contributed by atoms with van der Waals surface area (Å²) in [5.74, 6) is -0.0825. The number of sulfone groups is 1. The van der Waals surface area contributed by atoms with Crippen LogP contribution in [0, 0.1) is 6.92 Å². The van der Waals surface area contributed by atoms with Gasteiger partial charge in [0.2, 0.25) is 0 Å². The summed E-state index contributed by atoms with van der Waals surface area (Å²) < 4.78 is 31.3. The average molecular weight is 394 g/mol. The number of benzene rings is 2. The molecule has 0 saturated carbocycles. The molecular weight excluding hydrogens is 378 g/mol. The van der Waals surface area contributed by atoms with E-state index in [1.54, 1.807) is 41.8 Å². The molecular formula is C18H16ClNO5S. The molecule has 0 unspecified atom stereocenters. The second-order valence-corrected chi connectivity index (χ2v) is 8.35. The normalized spacial score (nSPS) is 11.7. The maximum Gasteiger partial charge on any atom is 0.323 e. The van der Waals surface area contributed by atoms with Crippen LogP contribution in [0.1, 0.15) is 5.69 Å². The van der Waals surface area contributed by atoms with Gasteiger partial charge in [-0.15, -0.1) is 0 Å². The fourth-order valence-corrected chi connectivity index (χ4v) is 3.52. The molecule has 26 heavy (non-hydrogen) atoms. The van der Waals surface area contributed by atoms with Gasteiger partial charge in [0.1, 0.15) is 12.3 Å². The molecule has 0 bridgehead atoms. The molecule has 136 valence electrons. The summed E-state index contributed by atoms with van der Waals surface area (Å²) >= 11 is 5.88. The Morgan fingerprint density at radius 1 is 1.19 bits per heavy atom. The van der Waals surface area contributed by atoms with Crippen LogP contribution in [-0.4, -0.2) is 30.3 Å². The van der Waals surface area contributed by atoms with Gasteiger partial charge in [0.15, 0.2) is 15.6 Å². The molecule has 1 heterocycles. The van der Waals surface area contributed by atoms with E-state index in [1.807, 2.05) is 0 Å². The highest BCUT2D eigenvalue weighted by atomic mass is 35.5. The lowest BCUT2D eigenvalue weighted by Crippen LogP contribution is -2.10. The Morgan fingerprint density at radius 3 is 2.42 bits per heavy atom. The van der Waals surface area contributed by atoms with Crippen LogP contribution < -0.4 is 4.74 Å². The number of carboxylic acids is 1. The first-order chi connectivity index (χ1) is 12.2. The standard InChI is InChI=1S/C18H16ClNO5S/c1-11-18(25-13-5-3-12(19)4-6-13)15-9-14(26(2,23)24)7-8-16(15)20(11)10-17(21)22/h3-9H,10H2,1-2H3,(H,21,22). The minimum Gasteiger partial charge on any atom is -0.480 e. The number of hydrogen-bond donors (Lipinski definition) is 1. The van der Waals surface area contributed by atoms with Gasteiger partial charge in [0, 0.05) is 16.7 Å². The van der Waals surface area contributed by atoms with Crippen LogP contribution in [0.15, 0.2) is 47.4 Å². The van der Waals surface area contributed by atoms with Crippen molar-refractivity contribution in [1.82, 2.24) is 4.57 Å². The average Bonchev–Trinajstić information content (AvgIpc) is 2.81. The zero-order valence-corrected chi connectivity index (χ0v) is 15.6. The largest absolute Gasteiger partial charge is 0.480 e. The van der Waals surface area contributed by atoms with Crippen molar-refractivity contribution in [2.45, 2.75) is 18.4 Å². The van der Waals surface area contributed by atoms with E-state index in [4.69, 9.17) is 16.3 Å². The van der Waals surface area contributed by atoms with Gasteiger partial charge < -0.3 is 14.4 Å². The number of carboxylic acid groups (broad SMARTS) is 1. The van der Waals surface area contributed by atoms with Crippen LogP contribution in [0.25, 0.3) is 10.9 Å². The Kier molecular flexibility index (Phi) is 4.68. The van der Waals surface area contributed by atoms with Crippen LogP contribution >= 0.6 is 11.6 Å². The molecule has 0 spiro atoms. The van der Waals surface area contributed by atoms with E-state index in [0.717, 1.165) is 6.26 Å². The minimum atomic E-state index is -3.41. The molecule has 0 radical (unpaired) electrons. The molecule has 0 saturated heterocycles. The first kappa shape index (κ1) is 18.3. The van der Waals surface area contributed by atoms with Gasteiger partial charge in [0.05, 0.1) is 16.1 Å². The summed E-state index contributed by atoms with van der Waals surface area (Å²) in [7, 11) is -3.41.